The molecule has 0 radical (unpaired) electrons. The van der Waals surface area contributed by atoms with Crippen molar-refractivity contribution in [3.05, 3.63) is 23.4 Å². The van der Waals surface area contributed by atoms with Crippen LogP contribution in [0.3, 0.4) is 0 Å². The Labute approximate surface area is 114 Å². The lowest BCUT2D eigenvalue weighted by Gasteiger charge is -2.28. The molecule has 0 unspecified atom stereocenters. The van der Waals surface area contributed by atoms with E-state index in [1.165, 1.54) is 19.3 Å². The van der Waals surface area contributed by atoms with Gasteiger partial charge < -0.3 is 10.4 Å². The quantitative estimate of drug-likeness (QED) is 0.872. The molecule has 0 amide bonds. The molecule has 1 fully saturated rings. The number of pyridine rings is 1. The van der Waals surface area contributed by atoms with Gasteiger partial charge in [0.1, 0.15) is 5.82 Å². The first kappa shape index (κ1) is 13.8. The lowest BCUT2D eigenvalue weighted by atomic mass is 9.84. The second kappa shape index (κ2) is 6.04. The van der Waals surface area contributed by atoms with E-state index in [0.29, 0.717) is 17.4 Å². The Morgan fingerprint density at radius 3 is 2.63 bits per heavy atom. The van der Waals surface area contributed by atoms with E-state index in [4.69, 9.17) is 5.11 Å². The second-order valence-electron chi connectivity index (χ2n) is 5.46. The molecule has 19 heavy (non-hydrogen) atoms. The number of aryl methyl sites for hydroxylation is 1. The highest BCUT2D eigenvalue weighted by Gasteiger charge is 2.20. The van der Waals surface area contributed by atoms with Gasteiger partial charge in [0, 0.05) is 11.7 Å². The fourth-order valence-electron chi connectivity index (χ4n) is 2.79. The van der Waals surface area contributed by atoms with E-state index in [1.807, 2.05) is 6.92 Å². The van der Waals surface area contributed by atoms with Gasteiger partial charge in [0.05, 0.1) is 5.56 Å². The highest BCUT2D eigenvalue weighted by Crippen LogP contribution is 2.28. The van der Waals surface area contributed by atoms with Gasteiger partial charge >= 0.3 is 5.97 Å². The first-order valence-corrected chi connectivity index (χ1v) is 7.07. The Bertz CT molecular complexity index is 451. The standard InChI is InChI=1S/C15H22N2O2/c1-3-11-4-6-13(7-5-11)17-14-9-12(15(18)19)8-10(2)16-14/h8-9,11,13H,3-7H2,1-2H3,(H,16,17)(H,18,19). The van der Waals surface area contributed by atoms with Crippen LogP contribution in [0.5, 0.6) is 0 Å². The zero-order valence-corrected chi connectivity index (χ0v) is 11.6. The van der Waals surface area contributed by atoms with Crippen molar-refractivity contribution in [2.75, 3.05) is 5.32 Å². The maximum Gasteiger partial charge on any atom is 0.335 e. The first-order valence-electron chi connectivity index (χ1n) is 7.07. The Kier molecular flexibility index (Phi) is 4.40. The van der Waals surface area contributed by atoms with Gasteiger partial charge in [0.2, 0.25) is 0 Å². The lowest BCUT2D eigenvalue weighted by Crippen LogP contribution is -2.26. The van der Waals surface area contributed by atoms with E-state index in [1.54, 1.807) is 12.1 Å². The van der Waals surface area contributed by atoms with Crippen LogP contribution in [0.4, 0.5) is 5.82 Å². The molecular formula is C15H22N2O2. The van der Waals surface area contributed by atoms with Crippen LogP contribution < -0.4 is 5.32 Å². The molecule has 1 aliphatic carbocycles. The van der Waals surface area contributed by atoms with Crippen LogP contribution in [0.1, 0.15) is 55.1 Å². The number of nitrogens with zero attached hydrogens (tertiary/aromatic N) is 1. The largest absolute Gasteiger partial charge is 0.478 e. The molecule has 0 atom stereocenters. The molecule has 4 heteroatoms. The number of carboxylic acid groups (broad SMARTS) is 1. The lowest BCUT2D eigenvalue weighted by molar-refractivity contribution is 0.0696. The molecule has 2 rings (SSSR count). The molecule has 0 bridgehead atoms. The number of carbonyl (C=O) groups is 1. The fraction of sp³-hybridized carbons (Fsp3) is 0.600. The molecular weight excluding hydrogens is 240 g/mol. The average Bonchev–Trinajstić information content (AvgIpc) is 2.39. The van der Waals surface area contributed by atoms with Crippen LogP contribution in [0.15, 0.2) is 12.1 Å². The molecule has 104 valence electrons. The molecule has 4 nitrogen and oxygen atoms in total. The van der Waals surface area contributed by atoms with E-state index in [0.717, 1.165) is 24.5 Å². The van der Waals surface area contributed by atoms with Crippen LogP contribution in [-0.4, -0.2) is 22.1 Å². The van der Waals surface area contributed by atoms with Crippen LogP contribution in [0, 0.1) is 12.8 Å². The highest BCUT2D eigenvalue weighted by molar-refractivity contribution is 5.88. The molecule has 1 aromatic rings. The molecule has 0 saturated heterocycles. The molecule has 2 N–H and O–H groups in total. The van der Waals surface area contributed by atoms with Crippen molar-refractivity contribution in [3.63, 3.8) is 0 Å². The maximum atomic E-state index is 11.0. The average molecular weight is 262 g/mol. The smallest absolute Gasteiger partial charge is 0.335 e. The third-order valence-electron chi connectivity index (χ3n) is 3.98. The summed E-state index contributed by atoms with van der Waals surface area (Å²) in [4.78, 5) is 15.4. The monoisotopic (exact) mass is 262 g/mol. The zero-order valence-electron chi connectivity index (χ0n) is 11.6. The number of aromatic carboxylic acids is 1. The molecule has 0 spiro atoms. The Hall–Kier alpha value is -1.58. The maximum absolute atomic E-state index is 11.0. The minimum absolute atomic E-state index is 0.303. The predicted octanol–water partition coefficient (Wildman–Crippen LogP) is 3.47. The van der Waals surface area contributed by atoms with Gasteiger partial charge in [0.25, 0.3) is 0 Å². The van der Waals surface area contributed by atoms with E-state index in [9.17, 15) is 4.79 Å². The predicted molar refractivity (Wildman–Crippen MR) is 75.6 cm³/mol. The van der Waals surface area contributed by atoms with Crippen molar-refractivity contribution in [2.24, 2.45) is 5.92 Å². The number of hydrogen-bond donors (Lipinski definition) is 2. The molecule has 0 aromatic carbocycles. The summed E-state index contributed by atoms with van der Waals surface area (Å²) in [5.74, 6) is 0.652. The van der Waals surface area contributed by atoms with Gasteiger partial charge in [-0.3, -0.25) is 0 Å². The van der Waals surface area contributed by atoms with Crippen molar-refractivity contribution >= 4 is 11.8 Å². The topological polar surface area (TPSA) is 62.2 Å². The van der Waals surface area contributed by atoms with E-state index in [2.05, 4.69) is 17.2 Å². The van der Waals surface area contributed by atoms with Crippen molar-refractivity contribution in [2.45, 2.75) is 52.0 Å². The normalized spacial score (nSPS) is 23.1. The zero-order chi connectivity index (χ0) is 13.8. The third kappa shape index (κ3) is 3.69. The van der Waals surface area contributed by atoms with Gasteiger partial charge in [-0.15, -0.1) is 0 Å². The Morgan fingerprint density at radius 2 is 2.05 bits per heavy atom. The number of carboxylic acids is 1. The number of anilines is 1. The fourth-order valence-corrected chi connectivity index (χ4v) is 2.79. The van der Waals surface area contributed by atoms with Crippen molar-refractivity contribution in [3.8, 4) is 0 Å². The summed E-state index contributed by atoms with van der Waals surface area (Å²) < 4.78 is 0. The van der Waals surface area contributed by atoms with Gasteiger partial charge in [-0.1, -0.05) is 13.3 Å². The summed E-state index contributed by atoms with van der Waals surface area (Å²) >= 11 is 0. The van der Waals surface area contributed by atoms with Gasteiger partial charge in [-0.25, -0.2) is 9.78 Å². The van der Waals surface area contributed by atoms with E-state index in [-0.39, 0.29) is 0 Å². The highest BCUT2D eigenvalue weighted by atomic mass is 16.4. The summed E-state index contributed by atoms with van der Waals surface area (Å²) in [7, 11) is 0. The van der Waals surface area contributed by atoms with Crippen LogP contribution in [0.25, 0.3) is 0 Å². The SMILES string of the molecule is CCC1CCC(Nc2cc(C(=O)O)cc(C)n2)CC1. The summed E-state index contributed by atoms with van der Waals surface area (Å²) in [5.41, 5.74) is 1.04. The van der Waals surface area contributed by atoms with Gasteiger partial charge in [-0.05, 0) is 50.7 Å². The summed E-state index contributed by atoms with van der Waals surface area (Å²) in [5, 5.41) is 12.4. The van der Waals surface area contributed by atoms with Crippen LogP contribution >= 0.6 is 0 Å². The van der Waals surface area contributed by atoms with Crippen LogP contribution in [-0.2, 0) is 0 Å². The van der Waals surface area contributed by atoms with Crippen molar-refractivity contribution in [1.82, 2.24) is 4.98 Å². The molecule has 1 saturated carbocycles. The summed E-state index contributed by atoms with van der Waals surface area (Å²) in [6, 6.07) is 3.65. The third-order valence-corrected chi connectivity index (χ3v) is 3.98. The van der Waals surface area contributed by atoms with Crippen molar-refractivity contribution in [1.29, 1.82) is 0 Å². The van der Waals surface area contributed by atoms with E-state index < -0.39 is 5.97 Å². The molecule has 1 aliphatic rings. The van der Waals surface area contributed by atoms with Gasteiger partial charge in [-0.2, -0.15) is 0 Å². The number of nitrogens with one attached hydrogen (secondary N) is 1. The molecule has 0 aliphatic heterocycles. The second-order valence-corrected chi connectivity index (χ2v) is 5.46. The van der Waals surface area contributed by atoms with Crippen LogP contribution in [0.2, 0.25) is 0 Å². The number of aromatic nitrogens is 1. The minimum Gasteiger partial charge on any atom is -0.478 e. The first-order chi connectivity index (χ1) is 9.08. The van der Waals surface area contributed by atoms with Crippen molar-refractivity contribution < 1.29 is 9.90 Å². The minimum atomic E-state index is -0.900. The number of rotatable bonds is 4. The van der Waals surface area contributed by atoms with Gasteiger partial charge in [0.15, 0.2) is 0 Å². The summed E-state index contributed by atoms with van der Waals surface area (Å²) in [6.07, 6.45) is 6.07. The van der Waals surface area contributed by atoms with E-state index >= 15 is 0 Å². The Balaban J connectivity index is 2.01. The summed E-state index contributed by atoms with van der Waals surface area (Å²) in [6.45, 7) is 4.07. The molecule has 1 aromatic heterocycles. The molecule has 1 heterocycles. The Morgan fingerprint density at radius 1 is 1.37 bits per heavy atom. The number of hydrogen-bond acceptors (Lipinski definition) is 3.